The Hall–Kier alpha value is -1.30. The second-order valence-electron chi connectivity index (χ2n) is 6.90. The summed E-state index contributed by atoms with van der Waals surface area (Å²) in [6.07, 6.45) is 4.02. The molecule has 3 rings (SSSR count). The Bertz CT molecular complexity index is 550. The lowest BCUT2D eigenvalue weighted by Crippen LogP contribution is -2.50. The molecule has 0 unspecified atom stereocenters. The van der Waals surface area contributed by atoms with Gasteiger partial charge in [-0.1, -0.05) is 12.5 Å². The number of nitrogens with zero attached hydrogens (tertiary/aromatic N) is 1. The van der Waals surface area contributed by atoms with Gasteiger partial charge >= 0.3 is 0 Å². The molecule has 5 heteroatoms. The lowest BCUT2D eigenvalue weighted by Gasteiger charge is -2.40. The molecule has 0 bridgehead atoms. The minimum atomic E-state index is 0.365. The number of benzene rings is 1. The molecule has 1 aliphatic carbocycles. The maximum absolute atomic E-state index is 5.81. The van der Waals surface area contributed by atoms with Crippen LogP contribution in [0.4, 0.5) is 0 Å². The van der Waals surface area contributed by atoms with Crippen molar-refractivity contribution in [3.8, 4) is 11.5 Å². The molecule has 3 atom stereocenters. The Labute approximate surface area is 151 Å². The maximum Gasteiger partial charge on any atom is 0.161 e. The third-order valence-corrected chi connectivity index (χ3v) is 5.49. The van der Waals surface area contributed by atoms with Gasteiger partial charge in [-0.3, -0.25) is 4.90 Å². The number of morpholine rings is 1. The van der Waals surface area contributed by atoms with E-state index in [2.05, 4.69) is 17.0 Å². The Morgan fingerprint density at radius 3 is 2.84 bits per heavy atom. The first-order valence-electron chi connectivity index (χ1n) is 9.41. The first-order valence-corrected chi connectivity index (χ1v) is 9.41. The van der Waals surface area contributed by atoms with Crippen molar-refractivity contribution in [2.75, 3.05) is 40.6 Å². The Kier molecular flexibility index (Phi) is 6.57. The minimum Gasteiger partial charge on any atom is -0.493 e. The highest BCUT2D eigenvalue weighted by molar-refractivity contribution is 5.43. The molecule has 1 aromatic rings. The standard InChI is InChI=1S/C20H31NO4/c1-4-25-20-12-15(8-9-19(20)23-3)13-21-10-11-24-14-17(21)16-6-5-7-18(16)22-2/h8-9,12,16-18H,4-7,10-11,13-14H2,1-3H3/t16-,17+,18-/m0/s1. The predicted octanol–water partition coefficient (Wildman–Crippen LogP) is 3.11. The number of methoxy groups -OCH3 is 2. The van der Waals surface area contributed by atoms with Gasteiger partial charge in [-0.25, -0.2) is 0 Å². The fraction of sp³-hybridized carbons (Fsp3) is 0.700. The van der Waals surface area contributed by atoms with Crippen LogP contribution in [0.2, 0.25) is 0 Å². The summed E-state index contributed by atoms with van der Waals surface area (Å²) in [5.74, 6) is 2.18. The van der Waals surface area contributed by atoms with Crippen LogP contribution in [0.5, 0.6) is 11.5 Å². The Morgan fingerprint density at radius 1 is 1.20 bits per heavy atom. The topological polar surface area (TPSA) is 40.2 Å². The van der Waals surface area contributed by atoms with Gasteiger partial charge in [0.1, 0.15) is 0 Å². The van der Waals surface area contributed by atoms with Gasteiger partial charge in [0.05, 0.1) is 33.0 Å². The summed E-state index contributed by atoms with van der Waals surface area (Å²) in [6.45, 7) is 6.11. The molecule has 0 amide bonds. The molecule has 0 N–H and O–H groups in total. The SMILES string of the molecule is CCOc1cc(CN2CCOC[C@@H]2[C@@H]2CCC[C@@H]2OC)ccc1OC. The molecule has 1 aromatic carbocycles. The van der Waals surface area contributed by atoms with Crippen LogP contribution in [-0.4, -0.2) is 57.6 Å². The van der Waals surface area contributed by atoms with E-state index < -0.39 is 0 Å². The summed E-state index contributed by atoms with van der Waals surface area (Å²) in [7, 11) is 3.52. The summed E-state index contributed by atoms with van der Waals surface area (Å²) in [6, 6.07) is 6.68. The van der Waals surface area contributed by atoms with Gasteiger partial charge in [-0.2, -0.15) is 0 Å². The van der Waals surface area contributed by atoms with E-state index in [1.807, 2.05) is 20.1 Å². The molecule has 1 saturated heterocycles. The normalized spacial score (nSPS) is 27.4. The fourth-order valence-corrected chi connectivity index (χ4v) is 4.26. The highest BCUT2D eigenvalue weighted by Crippen LogP contribution is 2.35. The highest BCUT2D eigenvalue weighted by atomic mass is 16.5. The van der Waals surface area contributed by atoms with Crippen molar-refractivity contribution in [1.82, 2.24) is 4.90 Å². The zero-order chi connectivity index (χ0) is 17.6. The lowest BCUT2D eigenvalue weighted by molar-refractivity contribution is -0.0608. The molecule has 1 aliphatic heterocycles. The van der Waals surface area contributed by atoms with Gasteiger partial charge < -0.3 is 18.9 Å². The van der Waals surface area contributed by atoms with Gasteiger partial charge in [-0.05, 0) is 37.5 Å². The van der Waals surface area contributed by atoms with Crippen LogP contribution in [0, 0.1) is 5.92 Å². The largest absolute Gasteiger partial charge is 0.493 e. The van der Waals surface area contributed by atoms with E-state index in [1.54, 1.807) is 7.11 Å². The summed E-state index contributed by atoms with van der Waals surface area (Å²) < 4.78 is 22.7. The molecule has 1 saturated carbocycles. The van der Waals surface area contributed by atoms with Crippen molar-refractivity contribution in [2.24, 2.45) is 5.92 Å². The van der Waals surface area contributed by atoms with Gasteiger partial charge in [-0.15, -0.1) is 0 Å². The molecule has 140 valence electrons. The average molecular weight is 349 g/mol. The van der Waals surface area contributed by atoms with Crippen LogP contribution in [0.1, 0.15) is 31.7 Å². The summed E-state index contributed by atoms with van der Waals surface area (Å²) >= 11 is 0. The quantitative estimate of drug-likeness (QED) is 0.756. The van der Waals surface area contributed by atoms with E-state index in [0.717, 1.165) is 37.8 Å². The van der Waals surface area contributed by atoms with Crippen LogP contribution in [0.15, 0.2) is 18.2 Å². The first kappa shape index (κ1) is 18.5. The van der Waals surface area contributed by atoms with Crippen molar-refractivity contribution in [1.29, 1.82) is 0 Å². The van der Waals surface area contributed by atoms with Crippen LogP contribution in [0.25, 0.3) is 0 Å². The van der Waals surface area contributed by atoms with Crippen molar-refractivity contribution < 1.29 is 18.9 Å². The van der Waals surface area contributed by atoms with Crippen molar-refractivity contribution >= 4 is 0 Å². The molecule has 0 radical (unpaired) electrons. The van der Waals surface area contributed by atoms with Gasteiger partial charge in [0.25, 0.3) is 0 Å². The van der Waals surface area contributed by atoms with Gasteiger partial charge in [0, 0.05) is 32.2 Å². The molecule has 2 aliphatic rings. The summed E-state index contributed by atoms with van der Waals surface area (Å²) in [4.78, 5) is 2.56. The van der Waals surface area contributed by atoms with Crippen LogP contribution in [-0.2, 0) is 16.0 Å². The van der Waals surface area contributed by atoms with Gasteiger partial charge in [0.15, 0.2) is 11.5 Å². The molecule has 2 fully saturated rings. The molecular weight excluding hydrogens is 318 g/mol. The minimum absolute atomic E-state index is 0.365. The third-order valence-electron chi connectivity index (χ3n) is 5.49. The highest BCUT2D eigenvalue weighted by Gasteiger charge is 2.38. The lowest BCUT2D eigenvalue weighted by atomic mass is 9.93. The zero-order valence-electron chi connectivity index (χ0n) is 15.7. The monoisotopic (exact) mass is 349 g/mol. The van der Waals surface area contributed by atoms with E-state index in [4.69, 9.17) is 18.9 Å². The molecular formula is C20H31NO4. The average Bonchev–Trinajstić information content (AvgIpc) is 3.11. The van der Waals surface area contributed by atoms with Crippen molar-refractivity contribution in [2.45, 2.75) is 44.9 Å². The van der Waals surface area contributed by atoms with Crippen molar-refractivity contribution in [3.05, 3.63) is 23.8 Å². The first-order chi connectivity index (χ1) is 12.3. The second kappa shape index (κ2) is 8.88. The van der Waals surface area contributed by atoms with E-state index >= 15 is 0 Å². The molecule has 0 spiro atoms. The molecule has 5 nitrogen and oxygen atoms in total. The number of hydrogen-bond donors (Lipinski definition) is 0. The Balaban J connectivity index is 1.74. The van der Waals surface area contributed by atoms with E-state index in [-0.39, 0.29) is 0 Å². The summed E-state index contributed by atoms with van der Waals surface area (Å²) in [5, 5.41) is 0. The van der Waals surface area contributed by atoms with Gasteiger partial charge in [0.2, 0.25) is 0 Å². The Morgan fingerprint density at radius 2 is 2.08 bits per heavy atom. The number of rotatable bonds is 7. The van der Waals surface area contributed by atoms with Crippen LogP contribution in [0.3, 0.4) is 0 Å². The number of ether oxygens (including phenoxy) is 4. The van der Waals surface area contributed by atoms with E-state index in [0.29, 0.717) is 24.7 Å². The van der Waals surface area contributed by atoms with Crippen LogP contribution < -0.4 is 9.47 Å². The fourth-order valence-electron chi connectivity index (χ4n) is 4.26. The zero-order valence-corrected chi connectivity index (χ0v) is 15.7. The second-order valence-corrected chi connectivity index (χ2v) is 6.90. The molecule has 0 aromatic heterocycles. The predicted molar refractivity (Wildman–Crippen MR) is 97.3 cm³/mol. The molecule has 25 heavy (non-hydrogen) atoms. The van der Waals surface area contributed by atoms with Crippen molar-refractivity contribution in [3.63, 3.8) is 0 Å². The maximum atomic E-state index is 5.81. The number of hydrogen-bond acceptors (Lipinski definition) is 5. The molecule has 1 heterocycles. The van der Waals surface area contributed by atoms with Crippen LogP contribution >= 0.6 is 0 Å². The smallest absolute Gasteiger partial charge is 0.161 e. The van der Waals surface area contributed by atoms with E-state index in [1.165, 1.54) is 24.8 Å². The summed E-state index contributed by atoms with van der Waals surface area (Å²) in [5.41, 5.74) is 1.25. The third kappa shape index (κ3) is 4.27. The van der Waals surface area contributed by atoms with E-state index in [9.17, 15) is 0 Å².